The molecule has 0 aliphatic heterocycles. The van der Waals surface area contributed by atoms with Crippen LogP contribution >= 0.6 is 11.3 Å². The number of hydrogen-bond donors (Lipinski definition) is 0. The van der Waals surface area contributed by atoms with Crippen molar-refractivity contribution in [1.29, 1.82) is 0 Å². The van der Waals surface area contributed by atoms with Crippen LogP contribution in [0.25, 0.3) is 81.0 Å². The minimum absolute atomic E-state index is 1.16. The number of fused-ring (bicyclic) bond motifs is 6. The highest BCUT2D eigenvalue weighted by Crippen LogP contribution is 2.41. The zero-order valence-corrected chi connectivity index (χ0v) is 24.8. The topological polar surface area (TPSA) is 4.93 Å². The maximum absolute atomic E-state index is 2.47. The average Bonchev–Trinajstić information content (AvgIpc) is 3.63. The van der Waals surface area contributed by atoms with Crippen LogP contribution in [0.5, 0.6) is 0 Å². The van der Waals surface area contributed by atoms with Gasteiger partial charge >= 0.3 is 0 Å². The highest BCUT2D eigenvalue weighted by atomic mass is 32.1. The van der Waals surface area contributed by atoms with Gasteiger partial charge in [-0.1, -0.05) is 115 Å². The molecule has 0 fully saturated rings. The van der Waals surface area contributed by atoms with Crippen molar-refractivity contribution in [3.05, 3.63) is 164 Å². The van der Waals surface area contributed by atoms with Crippen molar-refractivity contribution in [1.82, 2.24) is 4.57 Å². The maximum atomic E-state index is 2.47. The fourth-order valence-corrected chi connectivity index (χ4v) is 7.81. The number of nitrogens with zero attached hydrogens (tertiary/aromatic N) is 1. The Hall–Kier alpha value is -5.44. The van der Waals surface area contributed by atoms with Crippen molar-refractivity contribution in [2.75, 3.05) is 0 Å². The minimum Gasteiger partial charge on any atom is -0.309 e. The van der Waals surface area contributed by atoms with Gasteiger partial charge < -0.3 is 4.57 Å². The summed E-state index contributed by atoms with van der Waals surface area (Å²) in [5, 5.41) is 5.21. The maximum Gasteiger partial charge on any atom is 0.0548 e. The first-order valence-electron chi connectivity index (χ1n) is 15.0. The Morgan fingerprint density at radius 1 is 0.318 bits per heavy atom. The largest absolute Gasteiger partial charge is 0.309 e. The van der Waals surface area contributed by atoms with Crippen molar-refractivity contribution in [2.45, 2.75) is 0 Å². The SMILES string of the molecule is c1ccc(-c2cccc(-c3cc(-c4ccccc4)cc(-n4c5ccccc5c5cc6sc7ccccc7c6cc54)c3)c2)cc1. The molecule has 0 spiro atoms. The smallest absolute Gasteiger partial charge is 0.0548 e. The van der Waals surface area contributed by atoms with Gasteiger partial charge in [0.15, 0.2) is 0 Å². The van der Waals surface area contributed by atoms with E-state index in [9.17, 15) is 0 Å². The molecular formula is C42H27NS. The summed E-state index contributed by atoms with van der Waals surface area (Å²) in [5.41, 5.74) is 10.9. The monoisotopic (exact) mass is 577 g/mol. The van der Waals surface area contributed by atoms with E-state index < -0.39 is 0 Å². The summed E-state index contributed by atoms with van der Waals surface area (Å²) in [6.07, 6.45) is 0. The molecule has 44 heavy (non-hydrogen) atoms. The Bertz CT molecular complexity index is 2480. The second-order valence-electron chi connectivity index (χ2n) is 11.4. The van der Waals surface area contributed by atoms with Crippen LogP contribution < -0.4 is 0 Å². The van der Waals surface area contributed by atoms with Gasteiger partial charge in [0.05, 0.1) is 11.0 Å². The van der Waals surface area contributed by atoms with Gasteiger partial charge in [0.25, 0.3) is 0 Å². The number of hydrogen-bond acceptors (Lipinski definition) is 1. The first-order chi connectivity index (χ1) is 21.8. The summed E-state index contributed by atoms with van der Waals surface area (Å²) in [5.74, 6) is 0. The Morgan fingerprint density at radius 2 is 0.886 bits per heavy atom. The Labute approximate surface area is 259 Å². The summed E-state index contributed by atoms with van der Waals surface area (Å²) in [7, 11) is 0. The first kappa shape index (κ1) is 25.1. The number of aromatic nitrogens is 1. The third-order valence-electron chi connectivity index (χ3n) is 8.76. The molecule has 2 aromatic heterocycles. The van der Waals surface area contributed by atoms with E-state index in [0.717, 1.165) is 5.69 Å². The molecule has 7 aromatic carbocycles. The standard InChI is InChI=1S/C42H27NS/c1-3-12-28(13-4-1)30-16-11-17-31(22-30)33-23-32(29-14-5-2-6-15-29)24-34(25-33)43-39-20-9-7-18-35(39)37-27-42-38(26-40(37)43)36-19-8-10-21-41(36)44-42/h1-27H. The highest BCUT2D eigenvalue weighted by Gasteiger charge is 2.17. The zero-order valence-electron chi connectivity index (χ0n) is 23.9. The van der Waals surface area contributed by atoms with E-state index in [0.29, 0.717) is 0 Å². The van der Waals surface area contributed by atoms with Crippen molar-refractivity contribution < 1.29 is 0 Å². The lowest BCUT2D eigenvalue weighted by atomic mass is 9.95. The van der Waals surface area contributed by atoms with Crippen molar-refractivity contribution >= 4 is 53.3 Å². The van der Waals surface area contributed by atoms with Crippen LogP contribution in [0.4, 0.5) is 0 Å². The van der Waals surface area contributed by atoms with Crippen molar-refractivity contribution in [2.24, 2.45) is 0 Å². The van der Waals surface area contributed by atoms with E-state index >= 15 is 0 Å². The summed E-state index contributed by atoms with van der Waals surface area (Å²) >= 11 is 1.88. The molecule has 0 N–H and O–H groups in total. The van der Waals surface area contributed by atoms with E-state index in [4.69, 9.17) is 0 Å². The molecule has 2 heteroatoms. The normalized spacial score (nSPS) is 11.6. The lowest BCUT2D eigenvalue weighted by Gasteiger charge is -2.15. The molecule has 0 unspecified atom stereocenters. The van der Waals surface area contributed by atoms with E-state index in [1.54, 1.807) is 0 Å². The molecule has 0 atom stereocenters. The molecule has 206 valence electrons. The molecule has 0 amide bonds. The molecule has 0 saturated carbocycles. The molecule has 0 aliphatic rings. The number of rotatable bonds is 4. The lowest BCUT2D eigenvalue weighted by molar-refractivity contribution is 1.18. The van der Waals surface area contributed by atoms with Gasteiger partial charge in [0.1, 0.15) is 0 Å². The zero-order chi connectivity index (χ0) is 29.0. The van der Waals surface area contributed by atoms with Gasteiger partial charge in [-0.05, 0) is 81.9 Å². The summed E-state index contributed by atoms with van der Waals surface area (Å²) in [6, 6.07) is 59.7. The highest BCUT2D eigenvalue weighted by molar-refractivity contribution is 7.25. The van der Waals surface area contributed by atoms with Crippen LogP contribution in [-0.2, 0) is 0 Å². The van der Waals surface area contributed by atoms with Crippen molar-refractivity contribution in [3.8, 4) is 39.1 Å². The van der Waals surface area contributed by atoms with Crippen LogP contribution in [0.3, 0.4) is 0 Å². The molecule has 0 saturated heterocycles. The Kier molecular flexibility index (Phi) is 5.75. The van der Waals surface area contributed by atoms with Gasteiger partial charge in [0, 0.05) is 36.6 Å². The van der Waals surface area contributed by atoms with E-state index in [2.05, 4.69) is 168 Å². The Morgan fingerprint density at radius 3 is 1.66 bits per heavy atom. The fraction of sp³-hybridized carbons (Fsp3) is 0. The van der Waals surface area contributed by atoms with Crippen LogP contribution in [0.2, 0.25) is 0 Å². The third kappa shape index (κ3) is 4.07. The molecule has 9 aromatic rings. The van der Waals surface area contributed by atoms with E-state index in [-0.39, 0.29) is 0 Å². The summed E-state index contributed by atoms with van der Waals surface area (Å²) < 4.78 is 5.13. The molecular weight excluding hydrogens is 551 g/mol. The van der Waals surface area contributed by atoms with E-state index in [1.165, 1.54) is 75.4 Å². The number of benzene rings is 7. The molecule has 2 heterocycles. The molecule has 9 rings (SSSR count). The van der Waals surface area contributed by atoms with Gasteiger partial charge in [-0.15, -0.1) is 11.3 Å². The second-order valence-corrected chi connectivity index (χ2v) is 12.5. The van der Waals surface area contributed by atoms with Crippen LogP contribution in [0, 0.1) is 0 Å². The van der Waals surface area contributed by atoms with Gasteiger partial charge in [0.2, 0.25) is 0 Å². The molecule has 0 bridgehead atoms. The summed E-state index contributed by atoms with van der Waals surface area (Å²) in [4.78, 5) is 0. The quantitative estimate of drug-likeness (QED) is 0.196. The average molecular weight is 578 g/mol. The van der Waals surface area contributed by atoms with Gasteiger partial charge in [-0.3, -0.25) is 0 Å². The number of thiophene rings is 1. The van der Waals surface area contributed by atoms with Gasteiger partial charge in [-0.25, -0.2) is 0 Å². The van der Waals surface area contributed by atoms with Crippen LogP contribution in [0.1, 0.15) is 0 Å². The predicted octanol–water partition coefficient (Wildman–Crippen LogP) is 12.2. The molecule has 1 nitrogen and oxygen atoms in total. The molecule has 0 aliphatic carbocycles. The predicted molar refractivity (Wildman–Crippen MR) is 190 cm³/mol. The minimum atomic E-state index is 1.16. The third-order valence-corrected chi connectivity index (χ3v) is 9.89. The fourth-order valence-electron chi connectivity index (χ4n) is 6.68. The molecule has 0 radical (unpaired) electrons. The van der Waals surface area contributed by atoms with Crippen LogP contribution in [-0.4, -0.2) is 4.57 Å². The first-order valence-corrected chi connectivity index (χ1v) is 15.8. The lowest BCUT2D eigenvalue weighted by Crippen LogP contribution is -1.96. The van der Waals surface area contributed by atoms with Gasteiger partial charge in [-0.2, -0.15) is 0 Å². The van der Waals surface area contributed by atoms with Crippen molar-refractivity contribution in [3.63, 3.8) is 0 Å². The van der Waals surface area contributed by atoms with E-state index in [1.807, 2.05) is 11.3 Å². The number of para-hydroxylation sites is 1. The second kappa shape index (κ2) is 10.1. The summed E-state index contributed by atoms with van der Waals surface area (Å²) in [6.45, 7) is 0. The van der Waals surface area contributed by atoms with Crippen LogP contribution in [0.15, 0.2) is 164 Å². The Balaban J connectivity index is 1.34.